The Balaban J connectivity index is 3.20. The first kappa shape index (κ1) is 32.5. The van der Waals surface area contributed by atoms with E-state index < -0.39 is 0 Å². The van der Waals surface area contributed by atoms with Crippen molar-refractivity contribution in [1.29, 1.82) is 0 Å². The number of esters is 1. The number of unbranched alkanes of at least 4 members (excludes halogenated alkanes) is 19. The van der Waals surface area contributed by atoms with Gasteiger partial charge in [0.25, 0.3) is 0 Å². The van der Waals surface area contributed by atoms with Gasteiger partial charge < -0.3 is 4.74 Å². The molecule has 0 aromatic heterocycles. The van der Waals surface area contributed by atoms with E-state index in [-0.39, 0.29) is 12.1 Å². The first-order chi connectivity index (χ1) is 16.1. The molecule has 0 aromatic carbocycles. The summed E-state index contributed by atoms with van der Waals surface area (Å²) in [4.78, 5) is 10.9. The molecule has 33 heavy (non-hydrogen) atoms. The van der Waals surface area contributed by atoms with Crippen LogP contribution in [0.25, 0.3) is 0 Å². The van der Waals surface area contributed by atoms with Crippen LogP contribution in [0.15, 0.2) is 0 Å². The van der Waals surface area contributed by atoms with Crippen LogP contribution >= 0.6 is 0 Å². The first-order valence-corrected chi connectivity index (χ1v) is 15.2. The van der Waals surface area contributed by atoms with Crippen LogP contribution in [0.3, 0.4) is 0 Å². The van der Waals surface area contributed by atoms with Gasteiger partial charge in [-0.3, -0.25) is 4.79 Å². The van der Waals surface area contributed by atoms with Gasteiger partial charge in [-0.25, -0.2) is 0 Å². The molecule has 0 bridgehead atoms. The summed E-state index contributed by atoms with van der Waals surface area (Å²) in [5.74, 6) is 0.751. The van der Waals surface area contributed by atoms with Crippen LogP contribution < -0.4 is 0 Å². The Morgan fingerprint density at radius 1 is 0.515 bits per heavy atom. The quantitative estimate of drug-likeness (QED) is 0.0935. The summed E-state index contributed by atoms with van der Waals surface area (Å²) in [6.45, 7) is 8.25. The Hall–Kier alpha value is -0.530. The van der Waals surface area contributed by atoms with Gasteiger partial charge in [0.15, 0.2) is 0 Å². The zero-order valence-electron chi connectivity index (χ0n) is 23.4. The first-order valence-electron chi connectivity index (χ1n) is 15.2. The van der Waals surface area contributed by atoms with E-state index in [1.165, 1.54) is 155 Å². The highest BCUT2D eigenvalue weighted by Crippen LogP contribution is 2.19. The van der Waals surface area contributed by atoms with Crippen molar-refractivity contribution in [2.75, 3.05) is 0 Å². The fourth-order valence-electron chi connectivity index (χ4n) is 4.98. The third kappa shape index (κ3) is 27.6. The molecule has 0 aliphatic carbocycles. The Morgan fingerprint density at radius 3 is 1.15 bits per heavy atom. The molecule has 0 saturated heterocycles. The van der Waals surface area contributed by atoms with Crippen LogP contribution in [-0.2, 0) is 9.53 Å². The molecule has 0 N–H and O–H groups in total. The van der Waals surface area contributed by atoms with Crippen molar-refractivity contribution in [3.8, 4) is 0 Å². The van der Waals surface area contributed by atoms with E-state index in [1.807, 2.05) is 6.92 Å². The molecule has 0 heterocycles. The summed E-state index contributed by atoms with van der Waals surface area (Å²) in [5, 5.41) is 0. The molecule has 0 aliphatic rings. The van der Waals surface area contributed by atoms with Crippen molar-refractivity contribution in [3.05, 3.63) is 0 Å². The second kappa shape index (κ2) is 26.1. The van der Waals surface area contributed by atoms with Gasteiger partial charge in [-0.05, 0) is 25.7 Å². The normalized spacial score (nSPS) is 13.2. The Labute approximate surface area is 209 Å². The van der Waals surface area contributed by atoms with Crippen molar-refractivity contribution in [2.45, 2.75) is 188 Å². The molecule has 0 radical (unpaired) electrons. The van der Waals surface area contributed by atoms with Crippen molar-refractivity contribution < 1.29 is 9.53 Å². The fourth-order valence-corrected chi connectivity index (χ4v) is 4.98. The molecule has 0 spiro atoms. The highest BCUT2D eigenvalue weighted by atomic mass is 16.5. The van der Waals surface area contributed by atoms with Crippen LogP contribution in [0.1, 0.15) is 182 Å². The monoisotopic (exact) mass is 466 g/mol. The van der Waals surface area contributed by atoms with E-state index in [0.29, 0.717) is 0 Å². The van der Waals surface area contributed by atoms with Crippen LogP contribution in [0, 0.1) is 5.92 Å². The molecular weight excluding hydrogens is 404 g/mol. The second-order valence-corrected chi connectivity index (χ2v) is 11.0. The minimum atomic E-state index is -0.152. The van der Waals surface area contributed by atoms with E-state index in [1.54, 1.807) is 0 Å². The maximum atomic E-state index is 10.9. The highest BCUT2D eigenvalue weighted by molar-refractivity contribution is 5.66. The molecule has 0 amide bonds. The summed E-state index contributed by atoms with van der Waals surface area (Å²) >= 11 is 0. The lowest BCUT2D eigenvalue weighted by Gasteiger charge is -2.12. The smallest absolute Gasteiger partial charge is 0.302 e. The van der Waals surface area contributed by atoms with Gasteiger partial charge in [0.1, 0.15) is 0 Å². The zero-order chi connectivity index (χ0) is 24.4. The molecule has 198 valence electrons. The average molecular weight is 467 g/mol. The second-order valence-electron chi connectivity index (χ2n) is 11.0. The summed E-state index contributed by atoms with van der Waals surface area (Å²) in [6, 6.07) is 0. The van der Waals surface area contributed by atoms with Crippen molar-refractivity contribution in [3.63, 3.8) is 0 Å². The minimum absolute atomic E-state index is 0.0854. The SMILES string of the molecule is CCCCCCCCCCCCCCCCCCC(C)CCCCCCCC(C)OC(C)=O. The lowest BCUT2D eigenvalue weighted by Crippen LogP contribution is -2.11. The van der Waals surface area contributed by atoms with E-state index in [2.05, 4.69) is 13.8 Å². The molecule has 0 rings (SSSR count). The third-order valence-electron chi connectivity index (χ3n) is 7.23. The standard InChI is InChI=1S/C31H62O2/c1-5-6-7-8-9-10-11-12-13-14-15-16-17-18-20-23-26-29(2)27-24-21-19-22-25-28-30(3)33-31(4)32/h29-30H,5-28H2,1-4H3. The van der Waals surface area contributed by atoms with E-state index in [4.69, 9.17) is 4.74 Å². The van der Waals surface area contributed by atoms with Gasteiger partial charge in [0, 0.05) is 6.92 Å². The van der Waals surface area contributed by atoms with Crippen molar-refractivity contribution in [1.82, 2.24) is 0 Å². The molecule has 2 nitrogen and oxygen atoms in total. The Morgan fingerprint density at radius 2 is 0.818 bits per heavy atom. The predicted molar refractivity (Wildman–Crippen MR) is 147 cm³/mol. The summed E-state index contributed by atoms with van der Waals surface area (Å²) < 4.78 is 5.18. The number of carbonyl (C=O) groups is 1. The van der Waals surface area contributed by atoms with Gasteiger partial charge in [0.2, 0.25) is 0 Å². The topological polar surface area (TPSA) is 26.3 Å². The van der Waals surface area contributed by atoms with Crippen LogP contribution in [0.2, 0.25) is 0 Å². The largest absolute Gasteiger partial charge is 0.463 e. The molecular formula is C31H62O2. The Kier molecular flexibility index (Phi) is 25.7. The molecule has 0 fully saturated rings. The molecule has 0 saturated carbocycles. The predicted octanol–water partition coefficient (Wildman–Crippen LogP) is 11.0. The molecule has 0 aromatic rings. The minimum Gasteiger partial charge on any atom is -0.463 e. The Bertz CT molecular complexity index is 392. The molecule has 0 aliphatic heterocycles. The van der Waals surface area contributed by atoms with Gasteiger partial charge in [0.05, 0.1) is 6.10 Å². The number of hydrogen-bond donors (Lipinski definition) is 0. The third-order valence-corrected chi connectivity index (χ3v) is 7.23. The molecule has 2 atom stereocenters. The average Bonchev–Trinajstić information content (AvgIpc) is 2.77. The summed E-state index contributed by atoms with van der Waals surface area (Å²) in [5.41, 5.74) is 0. The lowest BCUT2D eigenvalue weighted by atomic mass is 9.95. The van der Waals surface area contributed by atoms with Crippen LogP contribution in [0.4, 0.5) is 0 Å². The summed E-state index contributed by atoms with van der Waals surface area (Å²) in [7, 11) is 0. The van der Waals surface area contributed by atoms with E-state index in [0.717, 1.165) is 12.3 Å². The maximum Gasteiger partial charge on any atom is 0.302 e. The van der Waals surface area contributed by atoms with E-state index in [9.17, 15) is 4.79 Å². The van der Waals surface area contributed by atoms with Crippen molar-refractivity contribution in [2.24, 2.45) is 5.92 Å². The van der Waals surface area contributed by atoms with Gasteiger partial charge in [-0.2, -0.15) is 0 Å². The zero-order valence-corrected chi connectivity index (χ0v) is 23.4. The van der Waals surface area contributed by atoms with Crippen LogP contribution in [-0.4, -0.2) is 12.1 Å². The fraction of sp³-hybridized carbons (Fsp3) is 0.968. The highest BCUT2D eigenvalue weighted by Gasteiger charge is 2.05. The van der Waals surface area contributed by atoms with E-state index >= 15 is 0 Å². The molecule has 2 heteroatoms. The number of ether oxygens (including phenoxy) is 1. The summed E-state index contributed by atoms with van der Waals surface area (Å²) in [6.07, 6.45) is 33.8. The number of carbonyl (C=O) groups excluding carboxylic acids is 1. The number of rotatable bonds is 26. The van der Waals surface area contributed by atoms with Crippen molar-refractivity contribution >= 4 is 5.97 Å². The van der Waals surface area contributed by atoms with Gasteiger partial charge >= 0.3 is 5.97 Å². The van der Waals surface area contributed by atoms with Gasteiger partial charge in [-0.1, -0.05) is 155 Å². The van der Waals surface area contributed by atoms with Gasteiger partial charge in [-0.15, -0.1) is 0 Å². The maximum absolute atomic E-state index is 10.9. The lowest BCUT2D eigenvalue weighted by molar-refractivity contribution is -0.145. The molecule has 2 unspecified atom stereocenters. The number of hydrogen-bond acceptors (Lipinski definition) is 2. The van der Waals surface area contributed by atoms with Crippen LogP contribution in [0.5, 0.6) is 0 Å².